The van der Waals surface area contributed by atoms with Crippen LogP contribution in [0.15, 0.2) is 6.07 Å². The lowest BCUT2D eigenvalue weighted by Crippen LogP contribution is -1.97. The maximum atomic E-state index is 12.3. The zero-order chi connectivity index (χ0) is 10.0. The number of halogens is 4. The second-order valence-corrected chi connectivity index (χ2v) is 3.67. The molecule has 0 spiro atoms. The van der Waals surface area contributed by atoms with Crippen molar-refractivity contribution in [2.75, 3.05) is 7.11 Å². The zero-order valence-corrected chi connectivity index (χ0v) is 9.44. The number of hydrogen-bond donors (Lipinski definition) is 0. The van der Waals surface area contributed by atoms with E-state index in [2.05, 4.69) is 4.98 Å². The van der Waals surface area contributed by atoms with E-state index >= 15 is 0 Å². The minimum atomic E-state index is -2.62. The minimum absolute atomic E-state index is 0.0433. The van der Waals surface area contributed by atoms with Gasteiger partial charge in [-0.15, -0.1) is 0 Å². The molecule has 0 bridgehead atoms. The molecule has 0 fully saturated rings. The van der Waals surface area contributed by atoms with Crippen molar-refractivity contribution in [3.8, 4) is 5.75 Å². The molecule has 0 aliphatic rings. The number of methoxy groups -OCH3 is 1. The monoisotopic (exact) mass is 319 g/mol. The molecule has 0 aliphatic heterocycles. The Morgan fingerprint density at radius 3 is 2.69 bits per heavy atom. The first-order chi connectivity index (χ1) is 6.06. The third kappa shape index (κ3) is 2.40. The predicted octanol–water partition coefficient (Wildman–Crippen LogP) is 3.29. The molecule has 0 unspecified atom stereocenters. The second-order valence-electron chi connectivity index (χ2n) is 2.15. The maximum Gasteiger partial charge on any atom is 0.281 e. The van der Waals surface area contributed by atoms with Crippen molar-refractivity contribution in [2.45, 2.75) is 6.43 Å². The molecule has 1 aromatic rings. The van der Waals surface area contributed by atoms with E-state index in [1.807, 2.05) is 0 Å². The van der Waals surface area contributed by atoms with E-state index in [0.717, 1.165) is 0 Å². The van der Waals surface area contributed by atoms with Crippen LogP contribution in [0.2, 0.25) is 5.15 Å². The first-order valence-corrected chi connectivity index (χ1v) is 4.70. The molecule has 1 rings (SSSR count). The molecule has 0 saturated heterocycles. The number of aromatic nitrogens is 1. The van der Waals surface area contributed by atoms with Gasteiger partial charge in [0.1, 0.15) is 5.69 Å². The quantitative estimate of drug-likeness (QED) is 0.616. The average molecular weight is 319 g/mol. The zero-order valence-electron chi connectivity index (χ0n) is 6.52. The van der Waals surface area contributed by atoms with Crippen LogP contribution in [0.3, 0.4) is 0 Å². The van der Waals surface area contributed by atoms with Gasteiger partial charge in [0.15, 0.2) is 10.9 Å². The summed E-state index contributed by atoms with van der Waals surface area (Å²) >= 11 is 7.33. The Balaban J connectivity index is 3.20. The first kappa shape index (κ1) is 10.9. The molecule has 0 radical (unpaired) electrons. The van der Waals surface area contributed by atoms with Crippen LogP contribution in [-0.4, -0.2) is 12.1 Å². The van der Waals surface area contributed by atoms with Crippen molar-refractivity contribution in [1.82, 2.24) is 4.98 Å². The highest BCUT2D eigenvalue weighted by Crippen LogP contribution is 2.30. The van der Waals surface area contributed by atoms with Crippen LogP contribution >= 0.6 is 34.2 Å². The molecule has 0 atom stereocenters. The summed E-state index contributed by atoms with van der Waals surface area (Å²) in [6.45, 7) is 0. The second kappa shape index (κ2) is 4.36. The highest BCUT2D eigenvalue weighted by molar-refractivity contribution is 14.1. The Morgan fingerprint density at radius 1 is 1.62 bits per heavy atom. The normalized spacial score (nSPS) is 10.6. The van der Waals surface area contributed by atoms with E-state index in [9.17, 15) is 8.78 Å². The van der Waals surface area contributed by atoms with Crippen LogP contribution < -0.4 is 4.74 Å². The molecule has 0 aromatic carbocycles. The minimum Gasteiger partial charge on any atom is -0.493 e. The molecule has 0 amide bonds. The summed E-state index contributed by atoms with van der Waals surface area (Å²) < 4.78 is 29.7. The summed E-state index contributed by atoms with van der Waals surface area (Å²) in [6.07, 6.45) is -2.62. The van der Waals surface area contributed by atoms with Crippen LogP contribution in [-0.2, 0) is 0 Å². The number of ether oxygens (including phenoxy) is 1. The summed E-state index contributed by atoms with van der Waals surface area (Å²) in [6, 6.07) is 1.43. The summed E-state index contributed by atoms with van der Waals surface area (Å²) in [5.74, 6) is 0.301. The van der Waals surface area contributed by atoms with Crippen molar-refractivity contribution in [1.29, 1.82) is 0 Å². The molecule has 13 heavy (non-hydrogen) atoms. The molecule has 1 aromatic heterocycles. The Kier molecular flexibility index (Phi) is 3.66. The third-order valence-corrected chi connectivity index (χ3v) is 2.49. The SMILES string of the molecule is COc1cc(I)c(C(F)F)nc1Cl. The van der Waals surface area contributed by atoms with Crippen molar-refractivity contribution in [2.24, 2.45) is 0 Å². The lowest BCUT2D eigenvalue weighted by atomic mass is 10.3. The van der Waals surface area contributed by atoms with Gasteiger partial charge in [0.05, 0.1) is 7.11 Å². The smallest absolute Gasteiger partial charge is 0.281 e. The van der Waals surface area contributed by atoms with Crippen LogP contribution in [0.25, 0.3) is 0 Å². The van der Waals surface area contributed by atoms with Gasteiger partial charge in [0.25, 0.3) is 6.43 Å². The van der Waals surface area contributed by atoms with Crippen molar-refractivity contribution in [3.05, 3.63) is 20.5 Å². The van der Waals surface area contributed by atoms with E-state index in [-0.39, 0.29) is 10.8 Å². The lowest BCUT2D eigenvalue weighted by molar-refractivity contribution is 0.145. The summed E-state index contributed by atoms with van der Waals surface area (Å²) in [5.41, 5.74) is -0.314. The van der Waals surface area contributed by atoms with Gasteiger partial charge >= 0.3 is 0 Å². The number of hydrogen-bond acceptors (Lipinski definition) is 2. The van der Waals surface area contributed by atoms with Gasteiger partial charge < -0.3 is 4.74 Å². The van der Waals surface area contributed by atoms with Crippen LogP contribution in [0.4, 0.5) is 8.78 Å². The Hall–Kier alpha value is -0.170. The maximum absolute atomic E-state index is 12.3. The molecule has 72 valence electrons. The van der Waals surface area contributed by atoms with E-state index in [1.165, 1.54) is 13.2 Å². The van der Waals surface area contributed by atoms with E-state index < -0.39 is 6.43 Å². The highest BCUT2D eigenvalue weighted by atomic mass is 127. The number of alkyl halides is 2. The van der Waals surface area contributed by atoms with Gasteiger partial charge in [-0.2, -0.15) is 0 Å². The van der Waals surface area contributed by atoms with Crippen molar-refractivity contribution < 1.29 is 13.5 Å². The Labute approximate surface area is 92.4 Å². The fraction of sp³-hybridized carbons (Fsp3) is 0.286. The number of pyridine rings is 1. The average Bonchev–Trinajstić information content (AvgIpc) is 2.07. The fourth-order valence-electron chi connectivity index (χ4n) is 0.759. The molecule has 1 heterocycles. The standard InChI is InChI=1S/C7H5ClF2INO/c1-13-4-2-3(11)5(7(9)10)12-6(4)8/h2,7H,1H3. The molecular weight excluding hydrogens is 314 g/mol. The summed E-state index contributed by atoms with van der Waals surface area (Å²) in [4.78, 5) is 3.53. The van der Waals surface area contributed by atoms with Crippen LogP contribution in [0.5, 0.6) is 5.75 Å². The Bertz CT molecular complexity index is 322. The van der Waals surface area contributed by atoms with Gasteiger partial charge in [-0.3, -0.25) is 0 Å². The van der Waals surface area contributed by atoms with Crippen molar-refractivity contribution in [3.63, 3.8) is 0 Å². The number of nitrogens with zero attached hydrogens (tertiary/aromatic N) is 1. The fourth-order valence-corrected chi connectivity index (χ4v) is 1.62. The summed E-state index contributed by atoms with van der Waals surface area (Å²) in [5, 5.41) is -0.0433. The first-order valence-electron chi connectivity index (χ1n) is 3.24. The lowest BCUT2D eigenvalue weighted by Gasteiger charge is -2.06. The predicted molar refractivity (Wildman–Crippen MR) is 53.5 cm³/mol. The molecular formula is C7H5ClF2INO. The van der Waals surface area contributed by atoms with Gasteiger partial charge in [-0.1, -0.05) is 11.6 Å². The number of rotatable bonds is 2. The third-order valence-electron chi connectivity index (χ3n) is 1.35. The van der Waals surface area contributed by atoms with Crippen LogP contribution in [0.1, 0.15) is 12.1 Å². The van der Waals surface area contributed by atoms with E-state index in [4.69, 9.17) is 16.3 Å². The highest BCUT2D eigenvalue weighted by Gasteiger charge is 2.16. The van der Waals surface area contributed by atoms with E-state index in [0.29, 0.717) is 9.32 Å². The molecule has 0 N–H and O–H groups in total. The Morgan fingerprint density at radius 2 is 2.23 bits per heavy atom. The van der Waals surface area contributed by atoms with Gasteiger partial charge in [0.2, 0.25) is 0 Å². The van der Waals surface area contributed by atoms with Crippen molar-refractivity contribution >= 4 is 34.2 Å². The molecule has 6 heteroatoms. The topological polar surface area (TPSA) is 22.1 Å². The van der Waals surface area contributed by atoms with Gasteiger partial charge in [-0.05, 0) is 28.7 Å². The molecule has 0 aliphatic carbocycles. The van der Waals surface area contributed by atoms with Crippen LogP contribution in [0, 0.1) is 3.57 Å². The van der Waals surface area contributed by atoms with E-state index in [1.54, 1.807) is 22.6 Å². The molecule has 2 nitrogen and oxygen atoms in total. The van der Waals surface area contributed by atoms with Gasteiger partial charge in [0, 0.05) is 3.57 Å². The largest absolute Gasteiger partial charge is 0.493 e. The molecule has 0 saturated carbocycles. The summed E-state index contributed by atoms with van der Waals surface area (Å²) in [7, 11) is 1.40. The van der Waals surface area contributed by atoms with Gasteiger partial charge in [-0.25, -0.2) is 13.8 Å².